The number of aromatic nitrogens is 2. The van der Waals surface area contributed by atoms with Gasteiger partial charge in [-0.15, -0.1) is 0 Å². The highest BCUT2D eigenvalue weighted by atomic mass is 19.1. The van der Waals surface area contributed by atoms with Gasteiger partial charge in [0.05, 0.1) is 11.7 Å². The molecule has 0 aliphatic carbocycles. The van der Waals surface area contributed by atoms with Crippen molar-refractivity contribution < 1.29 is 14.3 Å². The van der Waals surface area contributed by atoms with Crippen molar-refractivity contribution in [2.75, 3.05) is 0 Å². The molecule has 0 aliphatic rings. The molecule has 0 saturated heterocycles. The highest BCUT2D eigenvalue weighted by molar-refractivity contribution is 5.93. The predicted octanol–water partition coefficient (Wildman–Crippen LogP) is 2.35. The summed E-state index contributed by atoms with van der Waals surface area (Å²) in [6, 6.07) is 13.0. The van der Waals surface area contributed by atoms with Crippen LogP contribution in [0.2, 0.25) is 0 Å². The topological polar surface area (TPSA) is 58.0 Å². The summed E-state index contributed by atoms with van der Waals surface area (Å²) in [7, 11) is 0. The van der Waals surface area contributed by atoms with Gasteiger partial charge in [0, 0.05) is 17.3 Å². The number of aryl methyl sites for hydroxylation is 1. The third-order valence-corrected chi connectivity index (χ3v) is 3.35. The zero-order chi connectivity index (χ0) is 15.7. The summed E-state index contributed by atoms with van der Waals surface area (Å²) in [4.78, 5) is 11.3. The van der Waals surface area contributed by atoms with Gasteiger partial charge in [-0.3, -0.25) is 0 Å². The summed E-state index contributed by atoms with van der Waals surface area (Å²) in [5.74, 6) is -1.67. The fraction of sp³-hybridized carbons (Fsp3) is 0.0588. The Morgan fingerprint density at radius 1 is 1.09 bits per heavy atom. The minimum absolute atomic E-state index is 0.00632. The van der Waals surface area contributed by atoms with E-state index in [4.69, 9.17) is 0 Å². The van der Waals surface area contributed by atoms with Crippen molar-refractivity contribution in [3.05, 3.63) is 71.7 Å². The van der Waals surface area contributed by atoms with Crippen molar-refractivity contribution >= 4 is 5.97 Å². The van der Waals surface area contributed by atoms with Crippen molar-refractivity contribution in [1.82, 2.24) is 9.78 Å². The molecule has 3 aromatic rings. The molecule has 1 heterocycles. The molecule has 0 amide bonds. The normalized spacial score (nSPS) is 10.6. The SMILES string of the molecule is Cc1ccc(-c2nn(-c3ccc(F)cc3)cc2C(=O)[O-])cc1. The number of hydrogen-bond acceptors (Lipinski definition) is 3. The van der Waals surface area contributed by atoms with Crippen LogP contribution in [-0.2, 0) is 0 Å². The molecule has 0 N–H and O–H groups in total. The Bertz CT molecular complexity index is 821. The van der Waals surface area contributed by atoms with Crippen LogP contribution in [0, 0.1) is 12.7 Å². The van der Waals surface area contributed by atoms with Gasteiger partial charge in [-0.25, -0.2) is 9.07 Å². The monoisotopic (exact) mass is 295 g/mol. The van der Waals surface area contributed by atoms with Crippen LogP contribution in [-0.4, -0.2) is 15.7 Å². The number of nitrogens with zero attached hydrogens (tertiary/aromatic N) is 2. The first-order valence-corrected chi connectivity index (χ1v) is 6.68. The van der Waals surface area contributed by atoms with Crippen molar-refractivity contribution in [1.29, 1.82) is 0 Å². The number of carboxylic acids is 1. The lowest BCUT2D eigenvalue weighted by molar-refractivity contribution is -0.254. The molecule has 110 valence electrons. The second-order valence-corrected chi connectivity index (χ2v) is 4.97. The van der Waals surface area contributed by atoms with Crippen LogP contribution in [0.3, 0.4) is 0 Å². The minimum atomic E-state index is -1.30. The van der Waals surface area contributed by atoms with E-state index >= 15 is 0 Å². The van der Waals surface area contributed by atoms with E-state index in [2.05, 4.69) is 5.10 Å². The van der Waals surface area contributed by atoms with Crippen LogP contribution in [0.4, 0.5) is 4.39 Å². The number of carboxylic acid groups (broad SMARTS) is 1. The maximum atomic E-state index is 13.0. The van der Waals surface area contributed by atoms with Crippen molar-refractivity contribution in [3.8, 4) is 16.9 Å². The Hall–Kier alpha value is -2.95. The average Bonchev–Trinajstić information content (AvgIpc) is 2.94. The highest BCUT2D eigenvalue weighted by Gasteiger charge is 2.13. The molecular formula is C17H12FN2O2-. The Morgan fingerprint density at radius 3 is 2.32 bits per heavy atom. The minimum Gasteiger partial charge on any atom is -0.545 e. The summed E-state index contributed by atoms with van der Waals surface area (Å²) in [6.07, 6.45) is 1.37. The summed E-state index contributed by atoms with van der Waals surface area (Å²) < 4.78 is 14.4. The molecule has 2 aromatic carbocycles. The quantitative estimate of drug-likeness (QED) is 0.745. The lowest BCUT2D eigenvalue weighted by atomic mass is 10.1. The number of benzene rings is 2. The lowest BCUT2D eigenvalue weighted by Gasteiger charge is -2.03. The molecule has 0 saturated carbocycles. The smallest absolute Gasteiger partial charge is 0.123 e. The predicted molar refractivity (Wildman–Crippen MR) is 78.0 cm³/mol. The van der Waals surface area contributed by atoms with Gasteiger partial charge in [-0.2, -0.15) is 5.10 Å². The maximum absolute atomic E-state index is 13.0. The van der Waals surface area contributed by atoms with Gasteiger partial charge in [0.2, 0.25) is 0 Å². The Kier molecular flexibility index (Phi) is 3.47. The lowest BCUT2D eigenvalue weighted by Crippen LogP contribution is -2.22. The summed E-state index contributed by atoms with van der Waals surface area (Å²) in [5.41, 5.74) is 2.64. The van der Waals surface area contributed by atoms with Crippen molar-refractivity contribution in [3.63, 3.8) is 0 Å². The van der Waals surface area contributed by atoms with E-state index in [0.717, 1.165) is 5.56 Å². The zero-order valence-corrected chi connectivity index (χ0v) is 11.8. The van der Waals surface area contributed by atoms with Crippen LogP contribution < -0.4 is 5.11 Å². The summed E-state index contributed by atoms with van der Waals surface area (Å²) in [6.45, 7) is 1.94. The second kappa shape index (κ2) is 5.44. The standard InChI is InChI=1S/C17H13FN2O2/c1-11-2-4-12(5-3-11)16-15(17(21)22)10-20(19-16)14-8-6-13(18)7-9-14/h2-10H,1H3,(H,21,22)/p-1. The third-order valence-electron chi connectivity index (χ3n) is 3.35. The molecule has 22 heavy (non-hydrogen) atoms. The number of rotatable bonds is 3. The van der Waals surface area contributed by atoms with Crippen molar-refractivity contribution in [2.24, 2.45) is 0 Å². The summed E-state index contributed by atoms with van der Waals surface area (Å²) >= 11 is 0. The molecular weight excluding hydrogens is 283 g/mol. The van der Waals surface area contributed by atoms with Gasteiger partial charge >= 0.3 is 0 Å². The second-order valence-electron chi connectivity index (χ2n) is 4.97. The van der Waals surface area contributed by atoms with E-state index in [1.54, 1.807) is 12.1 Å². The van der Waals surface area contributed by atoms with Crippen LogP contribution in [0.1, 0.15) is 15.9 Å². The van der Waals surface area contributed by atoms with E-state index in [-0.39, 0.29) is 11.4 Å². The van der Waals surface area contributed by atoms with Crippen LogP contribution >= 0.6 is 0 Å². The average molecular weight is 295 g/mol. The Morgan fingerprint density at radius 2 is 1.73 bits per heavy atom. The molecule has 1 aromatic heterocycles. The van der Waals surface area contributed by atoms with E-state index in [9.17, 15) is 14.3 Å². The molecule has 3 rings (SSSR count). The molecule has 0 radical (unpaired) electrons. The van der Waals surface area contributed by atoms with E-state index in [1.165, 1.54) is 35.1 Å². The van der Waals surface area contributed by atoms with Gasteiger partial charge in [-0.05, 0) is 31.2 Å². The first kappa shape index (κ1) is 14.0. The number of aromatic carboxylic acids is 1. The van der Waals surface area contributed by atoms with E-state index in [1.807, 2.05) is 19.1 Å². The Labute approximate surface area is 126 Å². The zero-order valence-electron chi connectivity index (χ0n) is 11.8. The van der Waals surface area contributed by atoms with Crippen LogP contribution in [0.15, 0.2) is 54.7 Å². The van der Waals surface area contributed by atoms with Crippen LogP contribution in [0.5, 0.6) is 0 Å². The molecule has 4 nitrogen and oxygen atoms in total. The maximum Gasteiger partial charge on any atom is 0.123 e. The molecule has 0 fully saturated rings. The fourth-order valence-electron chi connectivity index (χ4n) is 2.17. The van der Waals surface area contributed by atoms with Gasteiger partial charge < -0.3 is 9.90 Å². The van der Waals surface area contributed by atoms with Gasteiger partial charge in [0.25, 0.3) is 0 Å². The number of hydrogen-bond donors (Lipinski definition) is 0. The largest absolute Gasteiger partial charge is 0.545 e. The van der Waals surface area contributed by atoms with Gasteiger partial charge in [0.15, 0.2) is 0 Å². The van der Waals surface area contributed by atoms with E-state index < -0.39 is 5.97 Å². The van der Waals surface area contributed by atoms with E-state index in [0.29, 0.717) is 16.9 Å². The summed E-state index contributed by atoms with van der Waals surface area (Å²) in [5, 5.41) is 15.6. The molecule has 0 aliphatic heterocycles. The number of carbonyl (C=O) groups is 1. The molecule has 0 bridgehead atoms. The first-order valence-electron chi connectivity index (χ1n) is 6.68. The van der Waals surface area contributed by atoms with Crippen molar-refractivity contribution in [2.45, 2.75) is 6.92 Å². The fourth-order valence-corrected chi connectivity index (χ4v) is 2.17. The highest BCUT2D eigenvalue weighted by Crippen LogP contribution is 2.23. The number of carbonyl (C=O) groups excluding carboxylic acids is 1. The molecule has 5 heteroatoms. The molecule has 0 unspecified atom stereocenters. The van der Waals surface area contributed by atoms with Crippen LogP contribution in [0.25, 0.3) is 16.9 Å². The molecule has 0 spiro atoms. The third kappa shape index (κ3) is 2.61. The molecule has 0 atom stereocenters. The van der Waals surface area contributed by atoms with Gasteiger partial charge in [-0.1, -0.05) is 29.8 Å². The number of halogens is 1. The first-order chi connectivity index (χ1) is 10.5. The Balaban J connectivity index is 2.11. The van der Waals surface area contributed by atoms with Gasteiger partial charge in [0.1, 0.15) is 11.5 Å².